The van der Waals surface area contributed by atoms with Gasteiger partial charge in [0.2, 0.25) is 5.91 Å². The van der Waals surface area contributed by atoms with Crippen LogP contribution < -0.4 is 5.32 Å². The summed E-state index contributed by atoms with van der Waals surface area (Å²) < 4.78 is 5.37. The summed E-state index contributed by atoms with van der Waals surface area (Å²) in [6.45, 7) is 6.58. The molecule has 1 aliphatic heterocycles. The molecule has 0 bridgehead atoms. The Morgan fingerprint density at radius 1 is 1.21 bits per heavy atom. The molecular weight excluding hydrogens is 304 g/mol. The van der Waals surface area contributed by atoms with E-state index in [0.29, 0.717) is 25.4 Å². The maximum atomic E-state index is 12.4. The maximum Gasteiger partial charge on any atom is 0.410 e. The summed E-state index contributed by atoms with van der Waals surface area (Å²) in [5.41, 5.74) is 0.776. The lowest BCUT2D eigenvalue weighted by Crippen LogP contribution is -2.38. The number of nitrogens with zero attached hydrogens (tertiary/aromatic N) is 1. The minimum absolute atomic E-state index is 0.0597. The second kappa shape index (κ2) is 6.46. The second-order valence-corrected chi connectivity index (χ2v) is 7.78. The van der Waals surface area contributed by atoms with Gasteiger partial charge in [-0.2, -0.15) is 0 Å². The lowest BCUT2D eigenvalue weighted by atomic mass is 10.1. The molecule has 1 unspecified atom stereocenters. The number of likely N-dealkylation sites (tertiary alicyclic amines) is 1. The second-order valence-electron chi connectivity index (χ2n) is 7.78. The molecule has 2 fully saturated rings. The van der Waals surface area contributed by atoms with Crippen molar-refractivity contribution < 1.29 is 14.3 Å². The van der Waals surface area contributed by atoms with Crippen molar-refractivity contribution in [3.8, 4) is 0 Å². The molecule has 1 heterocycles. The standard InChI is InChI=1S/C19H26N2O3/c1-19(2,3)24-18(23)21-10-9-14(12-21)17(22)20-16-11-15(16)13-7-5-4-6-8-13/h4-8,14-16H,9-12H2,1-3H3,(H,20,22)/t14?,15-,16+/m1/s1. The number of hydrogen-bond donors (Lipinski definition) is 1. The molecule has 0 aromatic heterocycles. The van der Waals surface area contributed by atoms with Crippen LogP contribution in [-0.2, 0) is 9.53 Å². The summed E-state index contributed by atoms with van der Waals surface area (Å²) in [4.78, 5) is 26.1. The molecule has 1 saturated heterocycles. The van der Waals surface area contributed by atoms with E-state index in [2.05, 4.69) is 17.4 Å². The van der Waals surface area contributed by atoms with E-state index >= 15 is 0 Å². The first-order valence-electron chi connectivity index (χ1n) is 8.67. The predicted octanol–water partition coefficient (Wildman–Crippen LogP) is 2.92. The monoisotopic (exact) mass is 330 g/mol. The molecule has 1 N–H and O–H groups in total. The first-order chi connectivity index (χ1) is 11.3. The van der Waals surface area contributed by atoms with Crippen molar-refractivity contribution in [1.82, 2.24) is 10.2 Å². The zero-order chi connectivity index (χ0) is 17.3. The van der Waals surface area contributed by atoms with E-state index in [1.807, 2.05) is 39.0 Å². The van der Waals surface area contributed by atoms with Gasteiger partial charge in [0, 0.05) is 25.0 Å². The van der Waals surface area contributed by atoms with Crippen molar-refractivity contribution in [2.24, 2.45) is 5.92 Å². The molecule has 130 valence electrons. The van der Waals surface area contributed by atoms with Crippen LogP contribution in [0.1, 0.15) is 45.1 Å². The van der Waals surface area contributed by atoms with Crippen LogP contribution in [0.5, 0.6) is 0 Å². The summed E-state index contributed by atoms with van der Waals surface area (Å²) >= 11 is 0. The molecule has 0 radical (unpaired) electrons. The Bertz CT molecular complexity index is 609. The largest absolute Gasteiger partial charge is 0.444 e. The minimum Gasteiger partial charge on any atom is -0.444 e. The van der Waals surface area contributed by atoms with Crippen LogP contribution in [0.25, 0.3) is 0 Å². The van der Waals surface area contributed by atoms with Crippen molar-refractivity contribution in [3.05, 3.63) is 35.9 Å². The van der Waals surface area contributed by atoms with Crippen LogP contribution in [0.4, 0.5) is 4.79 Å². The Morgan fingerprint density at radius 2 is 1.92 bits per heavy atom. The van der Waals surface area contributed by atoms with Gasteiger partial charge >= 0.3 is 6.09 Å². The average Bonchev–Trinajstić information content (AvgIpc) is 3.09. The number of hydrogen-bond acceptors (Lipinski definition) is 3. The van der Waals surface area contributed by atoms with Gasteiger partial charge in [-0.1, -0.05) is 30.3 Å². The smallest absolute Gasteiger partial charge is 0.410 e. The van der Waals surface area contributed by atoms with Crippen molar-refractivity contribution in [3.63, 3.8) is 0 Å². The molecule has 0 spiro atoms. The molecule has 1 aromatic carbocycles. The van der Waals surface area contributed by atoms with Crippen LogP contribution >= 0.6 is 0 Å². The number of amides is 2. The molecule has 5 nitrogen and oxygen atoms in total. The maximum absolute atomic E-state index is 12.4. The first kappa shape index (κ1) is 16.8. The first-order valence-corrected chi connectivity index (χ1v) is 8.67. The van der Waals surface area contributed by atoms with Crippen molar-refractivity contribution in [1.29, 1.82) is 0 Å². The van der Waals surface area contributed by atoms with Gasteiger partial charge in [0.05, 0.1) is 5.92 Å². The van der Waals surface area contributed by atoms with Gasteiger partial charge in [-0.05, 0) is 39.2 Å². The predicted molar refractivity (Wildman–Crippen MR) is 91.6 cm³/mol. The SMILES string of the molecule is CC(C)(C)OC(=O)N1CCC(C(=O)N[C@H]2C[C@@H]2c2ccccc2)C1. The highest BCUT2D eigenvalue weighted by molar-refractivity contribution is 5.81. The van der Waals surface area contributed by atoms with E-state index in [1.54, 1.807) is 4.90 Å². The van der Waals surface area contributed by atoms with Gasteiger partial charge in [0.1, 0.15) is 5.60 Å². The molecule has 2 amide bonds. The Balaban J connectivity index is 1.47. The van der Waals surface area contributed by atoms with Crippen molar-refractivity contribution in [2.75, 3.05) is 13.1 Å². The number of nitrogens with one attached hydrogen (secondary N) is 1. The summed E-state index contributed by atoms with van der Waals surface area (Å²) in [6.07, 6.45) is 1.37. The van der Waals surface area contributed by atoms with Crippen LogP contribution in [0, 0.1) is 5.92 Å². The van der Waals surface area contributed by atoms with E-state index in [-0.39, 0.29) is 24.0 Å². The molecular formula is C19H26N2O3. The van der Waals surface area contributed by atoms with Gasteiger partial charge in [-0.3, -0.25) is 4.79 Å². The highest BCUT2D eigenvalue weighted by Crippen LogP contribution is 2.40. The minimum atomic E-state index is -0.506. The van der Waals surface area contributed by atoms with E-state index in [4.69, 9.17) is 4.74 Å². The summed E-state index contributed by atoms with van der Waals surface area (Å²) in [6, 6.07) is 10.5. The molecule has 3 atom stereocenters. The molecule has 1 aromatic rings. The average molecular weight is 330 g/mol. The summed E-state index contributed by atoms with van der Waals surface area (Å²) in [5.74, 6) is 0.359. The third-order valence-electron chi connectivity index (χ3n) is 4.56. The highest BCUT2D eigenvalue weighted by Gasteiger charge is 2.41. The van der Waals surface area contributed by atoms with E-state index in [0.717, 1.165) is 6.42 Å². The number of rotatable bonds is 3. The van der Waals surface area contributed by atoms with Gasteiger partial charge in [-0.25, -0.2) is 4.79 Å². The summed E-state index contributed by atoms with van der Waals surface area (Å²) in [5, 5.41) is 3.13. The Labute approximate surface area is 143 Å². The van der Waals surface area contributed by atoms with Crippen LogP contribution in [0.3, 0.4) is 0 Å². The highest BCUT2D eigenvalue weighted by atomic mass is 16.6. The lowest BCUT2D eigenvalue weighted by molar-refractivity contribution is -0.124. The molecule has 1 saturated carbocycles. The fraction of sp³-hybridized carbons (Fsp3) is 0.579. The number of ether oxygens (including phenoxy) is 1. The van der Waals surface area contributed by atoms with Crippen molar-refractivity contribution >= 4 is 12.0 Å². The third kappa shape index (κ3) is 4.08. The molecule has 3 rings (SSSR count). The topological polar surface area (TPSA) is 58.6 Å². The van der Waals surface area contributed by atoms with Gasteiger partial charge in [-0.15, -0.1) is 0 Å². The third-order valence-corrected chi connectivity index (χ3v) is 4.56. The van der Waals surface area contributed by atoms with Crippen LogP contribution in [0.15, 0.2) is 30.3 Å². The van der Waals surface area contributed by atoms with E-state index in [9.17, 15) is 9.59 Å². The number of carbonyl (C=O) groups is 2. The Hall–Kier alpha value is -2.04. The molecule has 24 heavy (non-hydrogen) atoms. The van der Waals surface area contributed by atoms with Crippen LogP contribution in [-0.4, -0.2) is 41.6 Å². The Morgan fingerprint density at radius 3 is 2.58 bits per heavy atom. The molecule has 2 aliphatic rings. The van der Waals surface area contributed by atoms with Gasteiger partial charge in [0.25, 0.3) is 0 Å². The fourth-order valence-electron chi connectivity index (χ4n) is 3.19. The number of carbonyl (C=O) groups excluding carboxylic acids is 2. The fourth-order valence-corrected chi connectivity index (χ4v) is 3.19. The van der Waals surface area contributed by atoms with Crippen molar-refractivity contribution in [2.45, 2.75) is 51.2 Å². The quantitative estimate of drug-likeness (QED) is 0.927. The normalized spacial score (nSPS) is 26.1. The Kier molecular flexibility index (Phi) is 4.52. The van der Waals surface area contributed by atoms with Crippen LogP contribution in [0.2, 0.25) is 0 Å². The van der Waals surface area contributed by atoms with E-state index < -0.39 is 5.60 Å². The zero-order valence-corrected chi connectivity index (χ0v) is 14.6. The van der Waals surface area contributed by atoms with E-state index in [1.165, 1.54) is 5.56 Å². The molecule has 5 heteroatoms. The zero-order valence-electron chi connectivity index (χ0n) is 14.6. The van der Waals surface area contributed by atoms with Gasteiger partial charge < -0.3 is 15.0 Å². The number of benzene rings is 1. The van der Waals surface area contributed by atoms with Gasteiger partial charge in [0.15, 0.2) is 0 Å². The molecule has 1 aliphatic carbocycles. The summed E-state index contributed by atoms with van der Waals surface area (Å²) in [7, 11) is 0. The lowest BCUT2D eigenvalue weighted by Gasteiger charge is -2.24.